The number of halogens is 1. The molecule has 1 aliphatic rings. The molecule has 1 N–H and O–H groups in total. The topological polar surface area (TPSA) is 24.4 Å². The average Bonchev–Trinajstić information content (AvgIpc) is 3.32. The maximum atomic E-state index is 4.82. The van der Waals surface area contributed by atoms with Gasteiger partial charge in [0, 0.05) is 33.1 Å². The molecule has 3 aromatic rings. The summed E-state index contributed by atoms with van der Waals surface area (Å²) >= 11 is 3.53. The van der Waals surface area contributed by atoms with Gasteiger partial charge < -0.3 is 5.32 Å². The van der Waals surface area contributed by atoms with Crippen molar-refractivity contribution in [2.24, 2.45) is 4.99 Å². The van der Waals surface area contributed by atoms with Gasteiger partial charge in [0.25, 0.3) is 0 Å². The molecule has 2 aromatic heterocycles. The molecule has 0 unspecified atom stereocenters. The first-order chi connectivity index (χ1) is 11.4. The molecule has 1 aromatic carbocycles. The van der Waals surface area contributed by atoms with Gasteiger partial charge in [0.05, 0.1) is 12.3 Å². The summed E-state index contributed by atoms with van der Waals surface area (Å²) in [5.41, 5.74) is 4.70. The molecule has 2 heterocycles. The van der Waals surface area contributed by atoms with E-state index in [-0.39, 0.29) is 12.4 Å². The van der Waals surface area contributed by atoms with Crippen LogP contribution in [0.5, 0.6) is 0 Å². The second kappa shape index (κ2) is 7.79. The molecule has 5 heteroatoms. The molecule has 4 rings (SSSR count). The van der Waals surface area contributed by atoms with Crippen LogP contribution >= 0.6 is 35.1 Å². The summed E-state index contributed by atoms with van der Waals surface area (Å²) in [7, 11) is 0. The van der Waals surface area contributed by atoms with E-state index in [0.717, 1.165) is 18.8 Å². The maximum absolute atomic E-state index is 4.82. The fourth-order valence-electron chi connectivity index (χ4n) is 2.67. The highest BCUT2D eigenvalue weighted by Crippen LogP contribution is 2.27. The van der Waals surface area contributed by atoms with Crippen molar-refractivity contribution in [2.75, 3.05) is 0 Å². The van der Waals surface area contributed by atoms with Crippen LogP contribution in [-0.4, -0.2) is 5.71 Å². The largest absolute Gasteiger partial charge is 0.380 e. The number of thiophene rings is 2. The van der Waals surface area contributed by atoms with Crippen LogP contribution in [0.25, 0.3) is 5.70 Å². The normalized spacial score (nSPS) is 14.2. The van der Waals surface area contributed by atoms with Gasteiger partial charge in [-0.1, -0.05) is 36.4 Å². The second-order valence-electron chi connectivity index (χ2n) is 5.32. The highest BCUT2D eigenvalue weighted by atomic mass is 35.5. The van der Waals surface area contributed by atoms with E-state index in [9.17, 15) is 0 Å². The van der Waals surface area contributed by atoms with Crippen molar-refractivity contribution in [3.63, 3.8) is 0 Å². The zero-order valence-corrected chi connectivity index (χ0v) is 15.4. The van der Waals surface area contributed by atoms with Gasteiger partial charge in [0.1, 0.15) is 0 Å². The molecule has 0 saturated carbocycles. The Kier molecular flexibility index (Phi) is 5.51. The molecule has 122 valence electrons. The molecule has 0 bridgehead atoms. The van der Waals surface area contributed by atoms with Crippen LogP contribution in [0.4, 0.5) is 0 Å². The highest BCUT2D eigenvalue weighted by Gasteiger charge is 2.18. The standard InChI is InChI=1S/C19H16N2S2.ClH/c1-2-8-17-16(7-1)18(20-12-14-5-3-9-22-14)11-19(17)21-13-15-6-4-10-23-15;/h1-11,20H,12-13H2;1H. The van der Waals surface area contributed by atoms with Crippen LogP contribution in [0.2, 0.25) is 0 Å². The summed E-state index contributed by atoms with van der Waals surface area (Å²) in [6.07, 6.45) is 2.17. The number of aliphatic imine (C=N–C) groups is 1. The van der Waals surface area contributed by atoms with Gasteiger partial charge in [0.2, 0.25) is 0 Å². The van der Waals surface area contributed by atoms with Crippen LogP contribution < -0.4 is 5.32 Å². The Balaban J connectivity index is 0.00000169. The van der Waals surface area contributed by atoms with Crippen LogP contribution in [0.1, 0.15) is 20.9 Å². The number of nitrogens with zero attached hydrogens (tertiary/aromatic N) is 1. The van der Waals surface area contributed by atoms with Gasteiger partial charge in [-0.3, -0.25) is 4.99 Å². The molecule has 0 radical (unpaired) electrons. The van der Waals surface area contributed by atoms with Crippen molar-refractivity contribution in [1.29, 1.82) is 0 Å². The lowest BCUT2D eigenvalue weighted by Gasteiger charge is -2.07. The van der Waals surface area contributed by atoms with Crippen LogP contribution in [-0.2, 0) is 13.1 Å². The van der Waals surface area contributed by atoms with E-state index in [1.165, 1.54) is 26.6 Å². The molecule has 0 spiro atoms. The third-order valence-corrected chi connectivity index (χ3v) is 5.53. The number of rotatable bonds is 5. The number of allylic oxidation sites excluding steroid dienone is 1. The summed E-state index contributed by atoms with van der Waals surface area (Å²) in [5.74, 6) is 0. The first-order valence-electron chi connectivity index (χ1n) is 7.55. The highest BCUT2D eigenvalue weighted by molar-refractivity contribution is 7.10. The summed E-state index contributed by atoms with van der Waals surface area (Å²) in [6, 6.07) is 16.9. The first kappa shape index (κ1) is 17.0. The smallest absolute Gasteiger partial charge is 0.0740 e. The van der Waals surface area contributed by atoms with E-state index in [4.69, 9.17) is 4.99 Å². The van der Waals surface area contributed by atoms with E-state index in [2.05, 4.69) is 70.7 Å². The van der Waals surface area contributed by atoms with E-state index in [1.807, 2.05) is 0 Å². The van der Waals surface area contributed by atoms with Crippen molar-refractivity contribution < 1.29 is 0 Å². The van der Waals surface area contributed by atoms with Crippen molar-refractivity contribution in [2.45, 2.75) is 13.1 Å². The fourth-order valence-corrected chi connectivity index (χ4v) is 3.94. The lowest BCUT2D eigenvalue weighted by Crippen LogP contribution is -2.09. The molecule has 0 saturated heterocycles. The summed E-state index contributed by atoms with van der Waals surface area (Å²) in [5, 5.41) is 7.77. The molecular formula is C19H17ClN2S2. The van der Waals surface area contributed by atoms with Crippen molar-refractivity contribution in [3.05, 3.63) is 86.2 Å². The Morgan fingerprint density at radius 3 is 2.25 bits per heavy atom. The van der Waals surface area contributed by atoms with Gasteiger partial charge >= 0.3 is 0 Å². The molecule has 0 aliphatic heterocycles. The predicted molar refractivity (Wildman–Crippen MR) is 107 cm³/mol. The van der Waals surface area contributed by atoms with E-state index >= 15 is 0 Å². The summed E-state index contributed by atoms with van der Waals surface area (Å²) in [4.78, 5) is 7.45. The third kappa shape index (κ3) is 3.61. The average molecular weight is 373 g/mol. The predicted octanol–water partition coefficient (Wildman–Crippen LogP) is 5.37. The first-order valence-corrected chi connectivity index (χ1v) is 9.30. The minimum Gasteiger partial charge on any atom is -0.380 e. The Bertz CT molecular complexity index is 849. The van der Waals surface area contributed by atoms with Gasteiger partial charge in [-0.2, -0.15) is 0 Å². The van der Waals surface area contributed by atoms with Crippen LogP contribution in [0, 0.1) is 0 Å². The molecule has 1 aliphatic carbocycles. The van der Waals surface area contributed by atoms with Gasteiger partial charge in [-0.15, -0.1) is 35.1 Å². The fraction of sp³-hybridized carbons (Fsp3) is 0.105. The number of fused-ring (bicyclic) bond motifs is 1. The Morgan fingerprint density at radius 1 is 0.833 bits per heavy atom. The maximum Gasteiger partial charge on any atom is 0.0740 e. The zero-order valence-electron chi connectivity index (χ0n) is 12.9. The van der Waals surface area contributed by atoms with Crippen LogP contribution in [0.3, 0.4) is 0 Å². The monoisotopic (exact) mass is 372 g/mol. The van der Waals surface area contributed by atoms with Crippen molar-refractivity contribution in [1.82, 2.24) is 5.32 Å². The SMILES string of the molecule is C1=C(NCc2cccs2)c2ccccc2C1=NCc1cccs1.Cl. The lowest BCUT2D eigenvalue weighted by molar-refractivity contribution is 0.910. The van der Waals surface area contributed by atoms with E-state index in [0.29, 0.717) is 0 Å². The minimum atomic E-state index is 0. The van der Waals surface area contributed by atoms with Gasteiger partial charge in [0.15, 0.2) is 0 Å². The quantitative estimate of drug-likeness (QED) is 0.640. The number of nitrogens with one attached hydrogen (secondary N) is 1. The lowest BCUT2D eigenvalue weighted by atomic mass is 10.1. The second-order valence-corrected chi connectivity index (χ2v) is 7.38. The molecule has 0 atom stereocenters. The molecule has 0 amide bonds. The summed E-state index contributed by atoms with van der Waals surface area (Å²) in [6.45, 7) is 1.60. The van der Waals surface area contributed by atoms with E-state index in [1.54, 1.807) is 22.7 Å². The Labute approximate surface area is 156 Å². The summed E-state index contributed by atoms with van der Waals surface area (Å²) < 4.78 is 0. The number of hydrogen-bond donors (Lipinski definition) is 1. The van der Waals surface area contributed by atoms with E-state index < -0.39 is 0 Å². The number of benzene rings is 1. The Hall–Kier alpha value is -1.88. The molecule has 24 heavy (non-hydrogen) atoms. The van der Waals surface area contributed by atoms with Crippen molar-refractivity contribution >= 4 is 46.5 Å². The van der Waals surface area contributed by atoms with Gasteiger partial charge in [-0.25, -0.2) is 0 Å². The molecule has 2 nitrogen and oxygen atoms in total. The van der Waals surface area contributed by atoms with Crippen LogP contribution in [0.15, 0.2) is 70.4 Å². The minimum absolute atomic E-state index is 0. The number of hydrogen-bond acceptors (Lipinski definition) is 4. The Morgan fingerprint density at radius 2 is 1.54 bits per heavy atom. The van der Waals surface area contributed by atoms with Gasteiger partial charge in [-0.05, 0) is 29.0 Å². The molecular weight excluding hydrogens is 356 g/mol. The van der Waals surface area contributed by atoms with Crippen molar-refractivity contribution in [3.8, 4) is 0 Å². The third-order valence-electron chi connectivity index (χ3n) is 3.79. The molecule has 0 fully saturated rings. The zero-order chi connectivity index (χ0) is 15.5.